The summed E-state index contributed by atoms with van der Waals surface area (Å²) in [7, 11) is 2.03. The molecule has 3 heteroatoms. The molecule has 3 unspecified atom stereocenters. The third-order valence-corrected chi connectivity index (χ3v) is 3.56. The average Bonchev–Trinajstić information content (AvgIpc) is 2.50. The molecule has 1 saturated carbocycles. The van der Waals surface area contributed by atoms with Gasteiger partial charge in [-0.15, -0.1) is 0 Å². The molecule has 0 aromatic rings. The molecular formula is C13H27NO2. The summed E-state index contributed by atoms with van der Waals surface area (Å²) in [6.07, 6.45) is 2.89. The molecular weight excluding hydrogens is 202 g/mol. The molecule has 1 N–H and O–H groups in total. The zero-order chi connectivity index (χ0) is 12.2. The highest BCUT2D eigenvalue weighted by Crippen LogP contribution is 2.39. The summed E-state index contributed by atoms with van der Waals surface area (Å²) in [6.45, 7) is 10.2. The minimum atomic E-state index is 0.190. The fourth-order valence-corrected chi connectivity index (χ4v) is 2.68. The van der Waals surface area contributed by atoms with Crippen molar-refractivity contribution in [1.82, 2.24) is 5.32 Å². The molecule has 0 aliphatic heterocycles. The summed E-state index contributed by atoms with van der Waals surface area (Å²) in [4.78, 5) is 0. The summed E-state index contributed by atoms with van der Waals surface area (Å²) in [5.41, 5.74) is 0.338. The van der Waals surface area contributed by atoms with E-state index in [-0.39, 0.29) is 6.10 Å². The molecule has 1 aliphatic rings. The van der Waals surface area contributed by atoms with Gasteiger partial charge in [-0.25, -0.2) is 0 Å². The molecule has 3 atom stereocenters. The second kappa shape index (κ2) is 5.99. The van der Waals surface area contributed by atoms with Gasteiger partial charge in [-0.2, -0.15) is 0 Å². The van der Waals surface area contributed by atoms with Crippen LogP contribution in [0.15, 0.2) is 0 Å². The van der Waals surface area contributed by atoms with Crippen molar-refractivity contribution in [3.8, 4) is 0 Å². The van der Waals surface area contributed by atoms with Gasteiger partial charge in [0.05, 0.1) is 18.8 Å². The Morgan fingerprint density at radius 2 is 2.12 bits per heavy atom. The van der Waals surface area contributed by atoms with Crippen molar-refractivity contribution in [1.29, 1.82) is 0 Å². The Morgan fingerprint density at radius 1 is 1.44 bits per heavy atom. The van der Waals surface area contributed by atoms with Gasteiger partial charge in [0.25, 0.3) is 0 Å². The van der Waals surface area contributed by atoms with Crippen LogP contribution < -0.4 is 5.32 Å². The van der Waals surface area contributed by atoms with Crippen LogP contribution in [0.3, 0.4) is 0 Å². The first kappa shape index (κ1) is 13.9. The Labute approximate surface area is 99.9 Å². The van der Waals surface area contributed by atoms with Crippen LogP contribution in [-0.2, 0) is 9.47 Å². The van der Waals surface area contributed by atoms with Crippen LogP contribution >= 0.6 is 0 Å². The smallest absolute Gasteiger partial charge is 0.0785 e. The van der Waals surface area contributed by atoms with Crippen molar-refractivity contribution < 1.29 is 9.47 Å². The lowest BCUT2D eigenvalue weighted by atomic mass is 9.87. The van der Waals surface area contributed by atoms with E-state index in [4.69, 9.17) is 9.47 Å². The second-order valence-corrected chi connectivity index (χ2v) is 5.44. The first-order valence-corrected chi connectivity index (χ1v) is 6.41. The summed E-state index contributed by atoms with van der Waals surface area (Å²) in [6, 6.07) is 0.455. The lowest BCUT2D eigenvalue weighted by molar-refractivity contribution is -0.0568. The van der Waals surface area contributed by atoms with Gasteiger partial charge in [0, 0.05) is 12.6 Å². The van der Waals surface area contributed by atoms with Crippen LogP contribution in [0.25, 0.3) is 0 Å². The first-order chi connectivity index (χ1) is 7.51. The third-order valence-electron chi connectivity index (χ3n) is 3.56. The average molecular weight is 229 g/mol. The highest BCUT2D eigenvalue weighted by atomic mass is 16.5. The predicted molar refractivity (Wildman–Crippen MR) is 66.7 cm³/mol. The molecule has 3 nitrogen and oxygen atoms in total. The van der Waals surface area contributed by atoms with Gasteiger partial charge in [0.1, 0.15) is 0 Å². The largest absolute Gasteiger partial charge is 0.379 e. The molecule has 0 radical (unpaired) electrons. The van der Waals surface area contributed by atoms with Crippen LogP contribution in [0, 0.1) is 5.41 Å². The zero-order valence-corrected chi connectivity index (χ0v) is 11.4. The minimum absolute atomic E-state index is 0.190. The number of hydrogen-bond acceptors (Lipinski definition) is 3. The topological polar surface area (TPSA) is 30.5 Å². The van der Waals surface area contributed by atoms with Gasteiger partial charge >= 0.3 is 0 Å². The van der Waals surface area contributed by atoms with Crippen molar-refractivity contribution >= 4 is 0 Å². The minimum Gasteiger partial charge on any atom is -0.379 e. The molecule has 1 rings (SSSR count). The number of likely N-dealkylation sites (N-methyl/N-ethyl adjacent to an activating group) is 1. The fraction of sp³-hybridized carbons (Fsp3) is 1.00. The number of hydrogen-bond donors (Lipinski definition) is 1. The van der Waals surface area contributed by atoms with Crippen LogP contribution in [-0.4, -0.2) is 38.5 Å². The van der Waals surface area contributed by atoms with Crippen molar-refractivity contribution in [2.45, 2.75) is 58.8 Å². The van der Waals surface area contributed by atoms with E-state index in [0.29, 0.717) is 24.2 Å². The fourth-order valence-electron chi connectivity index (χ4n) is 2.68. The Hall–Kier alpha value is -0.120. The van der Waals surface area contributed by atoms with Crippen LogP contribution in [0.5, 0.6) is 0 Å². The maximum atomic E-state index is 6.06. The zero-order valence-electron chi connectivity index (χ0n) is 11.4. The molecule has 0 bridgehead atoms. The molecule has 0 saturated heterocycles. The number of rotatable bonds is 6. The van der Waals surface area contributed by atoms with Crippen LogP contribution in [0.2, 0.25) is 0 Å². The first-order valence-electron chi connectivity index (χ1n) is 6.41. The van der Waals surface area contributed by atoms with E-state index in [1.165, 1.54) is 6.42 Å². The van der Waals surface area contributed by atoms with E-state index in [2.05, 4.69) is 26.1 Å². The van der Waals surface area contributed by atoms with Gasteiger partial charge in [-0.1, -0.05) is 13.8 Å². The molecule has 0 spiro atoms. The van der Waals surface area contributed by atoms with Crippen molar-refractivity contribution in [3.05, 3.63) is 0 Å². The maximum Gasteiger partial charge on any atom is 0.0785 e. The Morgan fingerprint density at radius 3 is 2.69 bits per heavy atom. The monoisotopic (exact) mass is 229 g/mol. The van der Waals surface area contributed by atoms with Crippen molar-refractivity contribution in [3.63, 3.8) is 0 Å². The maximum absolute atomic E-state index is 6.06. The molecule has 0 amide bonds. The highest BCUT2D eigenvalue weighted by molar-refractivity contribution is 4.96. The molecule has 0 heterocycles. The highest BCUT2D eigenvalue weighted by Gasteiger charge is 2.42. The molecule has 96 valence electrons. The third kappa shape index (κ3) is 3.44. The predicted octanol–water partition coefficient (Wildman–Crippen LogP) is 2.20. The standard InChI is InChI=1S/C13H27NO2/c1-6-15-9-10(2)16-11-7-8-13(3,4)12(11)14-5/h10-12,14H,6-9H2,1-5H3. The van der Waals surface area contributed by atoms with E-state index >= 15 is 0 Å². The van der Waals surface area contributed by atoms with E-state index < -0.39 is 0 Å². The van der Waals surface area contributed by atoms with Crippen molar-refractivity contribution in [2.75, 3.05) is 20.3 Å². The quantitative estimate of drug-likeness (QED) is 0.757. The Balaban J connectivity index is 2.42. The summed E-state index contributed by atoms with van der Waals surface area (Å²) >= 11 is 0. The summed E-state index contributed by atoms with van der Waals surface area (Å²) in [5, 5.41) is 3.40. The number of ether oxygens (including phenoxy) is 2. The van der Waals surface area contributed by atoms with Gasteiger partial charge in [-0.3, -0.25) is 0 Å². The van der Waals surface area contributed by atoms with Gasteiger partial charge < -0.3 is 14.8 Å². The van der Waals surface area contributed by atoms with E-state index in [9.17, 15) is 0 Å². The summed E-state index contributed by atoms with van der Waals surface area (Å²) in [5.74, 6) is 0. The molecule has 0 aromatic heterocycles. The van der Waals surface area contributed by atoms with Crippen molar-refractivity contribution in [2.24, 2.45) is 5.41 Å². The molecule has 1 fully saturated rings. The molecule has 16 heavy (non-hydrogen) atoms. The lowest BCUT2D eigenvalue weighted by Crippen LogP contribution is -2.45. The Kier molecular flexibility index (Phi) is 5.22. The Bertz CT molecular complexity index is 206. The van der Waals surface area contributed by atoms with Gasteiger partial charge in [0.15, 0.2) is 0 Å². The van der Waals surface area contributed by atoms with E-state index in [1.807, 2.05) is 14.0 Å². The lowest BCUT2D eigenvalue weighted by Gasteiger charge is -2.31. The summed E-state index contributed by atoms with van der Waals surface area (Å²) < 4.78 is 11.4. The second-order valence-electron chi connectivity index (χ2n) is 5.44. The van der Waals surface area contributed by atoms with Crippen LogP contribution in [0.4, 0.5) is 0 Å². The normalized spacial score (nSPS) is 30.6. The molecule has 1 aliphatic carbocycles. The van der Waals surface area contributed by atoms with Gasteiger partial charge in [-0.05, 0) is 39.2 Å². The van der Waals surface area contributed by atoms with Gasteiger partial charge in [0.2, 0.25) is 0 Å². The van der Waals surface area contributed by atoms with Crippen LogP contribution in [0.1, 0.15) is 40.5 Å². The molecule has 0 aromatic carbocycles. The SMILES string of the molecule is CCOCC(C)OC1CCC(C)(C)C1NC. The van der Waals surface area contributed by atoms with E-state index in [0.717, 1.165) is 13.0 Å². The van der Waals surface area contributed by atoms with E-state index in [1.54, 1.807) is 0 Å². The number of nitrogens with one attached hydrogen (secondary N) is 1.